The van der Waals surface area contributed by atoms with Gasteiger partial charge in [-0.05, 0) is 37.6 Å². The van der Waals surface area contributed by atoms with Crippen LogP contribution in [0.2, 0.25) is 0 Å². The van der Waals surface area contributed by atoms with Crippen molar-refractivity contribution in [3.8, 4) is 0 Å². The average molecular weight is 312 g/mol. The molecular weight excluding hydrogens is 292 g/mol. The fourth-order valence-electron chi connectivity index (χ4n) is 2.94. The molecule has 0 atom stereocenters. The lowest BCUT2D eigenvalue weighted by Gasteiger charge is -2.23. The van der Waals surface area contributed by atoms with Crippen molar-refractivity contribution in [3.63, 3.8) is 0 Å². The van der Waals surface area contributed by atoms with Gasteiger partial charge in [0, 0.05) is 12.7 Å². The standard InChI is InChI=1S/C18H20N2O3/c1-18(2)14-8-4-5-9-15(14)20(17(18)22)12-16(21)19(3)11-13-7-6-10-23-13/h4-10H,11-12H2,1-3H3. The maximum Gasteiger partial charge on any atom is 0.242 e. The van der Waals surface area contributed by atoms with Crippen LogP contribution < -0.4 is 4.90 Å². The van der Waals surface area contributed by atoms with Gasteiger partial charge in [-0.15, -0.1) is 0 Å². The Morgan fingerprint density at radius 3 is 2.65 bits per heavy atom. The maximum atomic E-state index is 12.7. The molecule has 1 aromatic carbocycles. The third-order valence-corrected chi connectivity index (χ3v) is 4.34. The quantitative estimate of drug-likeness (QED) is 0.872. The van der Waals surface area contributed by atoms with Crippen LogP contribution in [-0.4, -0.2) is 30.3 Å². The Balaban J connectivity index is 1.77. The number of fused-ring (bicyclic) bond motifs is 1. The Bertz CT molecular complexity index is 734. The van der Waals surface area contributed by atoms with E-state index in [-0.39, 0.29) is 18.4 Å². The summed E-state index contributed by atoms with van der Waals surface area (Å²) in [6.45, 7) is 4.21. The second kappa shape index (κ2) is 5.57. The van der Waals surface area contributed by atoms with E-state index in [0.29, 0.717) is 12.3 Å². The normalized spacial score (nSPS) is 15.6. The SMILES string of the molecule is CN(Cc1ccco1)C(=O)CN1C(=O)C(C)(C)c2ccccc21. The third-order valence-electron chi connectivity index (χ3n) is 4.34. The summed E-state index contributed by atoms with van der Waals surface area (Å²) in [7, 11) is 1.71. The van der Waals surface area contributed by atoms with E-state index in [0.717, 1.165) is 11.3 Å². The van der Waals surface area contributed by atoms with Crippen LogP contribution in [0.15, 0.2) is 47.1 Å². The summed E-state index contributed by atoms with van der Waals surface area (Å²) in [6, 6.07) is 11.3. The molecule has 0 aliphatic carbocycles. The van der Waals surface area contributed by atoms with Gasteiger partial charge in [0.1, 0.15) is 12.3 Å². The lowest BCUT2D eigenvalue weighted by atomic mass is 9.86. The number of carbonyl (C=O) groups is 2. The summed E-state index contributed by atoms with van der Waals surface area (Å²) in [6.07, 6.45) is 1.58. The number of likely N-dealkylation sites (N-methyl/N-ethyl adjacent to an activating group) is 1. The van der Waals surface area contributed by atoms with Gasteiger partial charge < -0.3 is 14.2 Å². The number of nitrogens with zero attached hydrogens (tertiary/aromatic N) is 2. The number of amides is 2. The van der Waals surface area contributed by atoms with Crippen molar-refractivity contribution in [1.82, 2.24) is 4.90 Å². The molecule has 0 saturated carbocycles. The van der Waals surface area contributed by atoms with Crippen molar-refractivity contribution in [2.24, 2.45) is 0 Å². The predicted molar refractivity (Wildman–Crippen MR) is 87.0 cm³/mol. The van der Waals surface area contributed by atoms with Gasteiger partial charge in [0.15, 0.2) is 0 Å². The van der Waals surface area contributed by atoms with E-state index < -0.39 is 5.41 Å². The molecule has 0 saturated heterocycles. The van der Waals surface area contributed by atoms with Crippen LogP contribution in [0.3, 0.4) is 0 Å². The Morgan fingerprint density at radius 2 is 1.96 bits per heavy atom. The van der Waals surface area contributed by atoms with Gasteiger partial charge in [-0.1, -0.05) is 18.2 Å². The van der Waals surface area contributed by atoms with Gasteiger partial charge in [-0.3, -0.25) is 9.59 Å². The highest BCUT2D eigenvalue weighted by Crippen LogP contribution is 2.41. The van der Waals surface area contributed by atoms with Crippen molar-refractivity contribution < 1.29 is 14.0 Å². The smallest absolute Gasteiger partial charge is 0.242 e. The van der Waals surface area contributed by atoms with Gasteiger partial charge >= 0.3 is 0 Å². The van der Waals surface area contributed by atoms with Crippen LogP contribution in [0.25, 0.3) is 0 Å². The Morgan fingerprint density at radius 1 is 1.22 bits per heavy atom. The van der Waals surface area contributed by atoms with E-state index in [9.17, 15) is 9.59 Å². The monoisotopic (exact) mass is 312 g/mol. The van der Waals surface area contributed by atoms with E-state index in [1.807, 2.05) is 44.2 Å². The summed E-state index contributed by atoms with van der Waals surface area (Å²) in [5.74, 6) is 0.551. The molecule has 1 aromatic heterocycles. The number of furan rings is 1. The van der Waals surface area contributed by atoms with Crippen molar-refractivity contribution >= 4 is 17.5 Å². The van der Waals surface area contributed by atoms with Gasteiger partial charge in [0.2, 0.25) is 11.8 Å². The molecule has 0 N–H and O–H groups in total. The molecule has 23 heavy (non-hydrogen) atoms. The molecule has 3 rings (SSSR count). The first-order valence-corrected chi connectivity index (χ1v) is 7.59. The second-order valence-corrected chi connectivity index (χ2v) is 6.36. The molecule has 0 fully saturated rings. The zero-order valence-electron chi connectivity index (χ0n) is 13.6. The van der Waals surface area contributed by atoms with Gasteiger partial charge in [0.05, 0.1) is 18.2 Å². The maximum absolute atomic E-state index is 12.7. The predicted octanol–water partition coefficient (Wildman–Crippen LogP) is 2.56. The first-order valence-electron chi connectivity index (χ1n) is 7.59. The topological polar surface area (TPSA) is 53.8 Å². The van der Waals surface area contributed by atoms with E-state index >= 15 is 0 Å². The summed E-state index contributed by atoms with van der Waals surface area (Å²) >= 11 is 0. The van der Waals surface area contributed by atoms with Gasteiger partial charge in [-0.2, -0.15) is 0 Å². The molecule has 2 aromatic rings. The second-order valence-electron chi connectivity index (χ2n) is 6.36. The van der Waals surface area contributed by atoms with Gasteiger partial charge in [-0.25, -0.2) is 0 Å². The number of carbonyl (C=O) groups excluding carboxylic acids is 2. The Kier molecular flexibility index (Phi) is 3.72. The number of para-hydroxylation sites is 1. The fourth-order valence-corrected chi connectivity index (χ4v) is 2.94. The largest absolute Gasteiger partial charge is 0.467 e. The molecule has 5 heteroatoms. The van der Waals surface area contributed by atoms with E-state index in [1.165, 1.54) is 0 Å². The first kappa shape index (κ1) is 15.3. The zero-order valence-corrected chi connectivity index (χ0v) is 13.6. The van der Waals surface area contributed by atoms with E-state index in [2.05, 4.69) is 0 Å². The number of hydrogen-bond acceptors (Lipinski definition) is 3. The Labute approximate surface area is 135 Å². The van der Waals surface area contributed by atoms with E-state index in [4.69, 9.17) is 4.42 Å². The number of rotatable bonds is 4. The summed E-state index contributed by atoms with van der Waals surface area (Å²) in [5, 5.41) is 0. The minimum Gasteiger partial charge on any atom is -0.467 e. The first-order chi connectivity index (χ1) is 10.9. The molecule has 0 radical (unpaired) electrons. The highest BCUT2D eigenvalue weighted by molar-refractivity contribution is 6.10. The van der Waals surface area contributed by atoms with Crippen LogP contribution in [0, 0.1) is 0 Å². The third kappa shape index (κ3) is 2.63. The van der Waals surface area contributed by atoms with Crippen molar-refractivity contribution in [2.45, 2.75) is 25.8 Å². The highest BCUT2D eigenvalue weighted by Gasteiger charge is 2.44. The molecule has 2 heterocycles. The lowest BCUT2D eigenvalue weighted by Crippen LogP contribution is -2.43. The molecule has 0 unspecified atom stereocenters. The number of benzene rings is 1. The van der Waals surface area contributed by atoms with Crippen LogP contribution in [0.1, 0.15) is 25.2 Å². The van der Waals surface area contributed by atoms with Crippen LogP contribution in [0.5, 0.6) is 0 Å². The summed E-state index contributed by atoms with van der Waals surface area (Å²) in [4.78, 5) is 28.3. The lowest BCUT2D eigenvalue weighted by molar-refractivity contribution is -0.131. The average Bonchev–Trinajstić information content (AvgIpc) is 3.09. The highest BCUT2D eigenvalue weighted by atomic mass is 16.3. The summed E-state index contributed by atoms with van der Waals surface area (Å²) in [5.41, 5.74) is 1.19. The number of anilines is 1. The Hall–Kier alpha value is -2.56. The van der Waals surface area contributed by atoms with Crippen molar-refractivity contribution in [2.75, 3.05) is 18.5 Å². The molecule has 2 amide bonds. The van der Waals surface area contributed by atoms with Crippen LogP contribution in [0.4, 0.5) is 5.69 Å². The van der Waals surface area contributed by atoms with Crippen molar-refractivity contribution in [1.29, 1.82) is 0 Å². The minimum atomic E-state index is -0.601. The molecule has 120 valence electrons. The van der Waals surface area contributed by atoms with Crippen LogP contribution in [-0.2, 0) is 21.5 Å². The summed E-state index contributed by atoms with van der Waals surface area (Å²) < 4.78 is 5.26. The fraction of sp³-hybridized carbons (Fsp3) is 0.333. The molecule has 0 bridgehead atoms. The molecule has 0 spiro atoms. The van der Waals surface area contributed by atoms with Gasteiger partial charge in [0.25, 0.3) is 0 Å². The number of hydrogen-bond donors (Lipinski definition) is 0. The molecule has 1 aliphatic rings. The molecular formula is C18H20N2O3. The van der Waals surface area contributed by atoms with E-state index in [1.54, 1.807) is 29.2 Å². The molecule has 5 nitrogen and oxygen atoms in total. The minimum absolute atomic E-state index is 0.0382. The molecule has 1 aliphatic heterocycles. The van der Waals surface area contributed by atoms with Crippen molar-refractivity contribution in [3.05, 3.63) is 54.0 Å². The zero-order chi connectivity index (χ0) is 16.6. The van der Waals surface area contributed by atoms with Crippen LogP contribution >= 0.6 is 0 Å².